The van der Waals surface area contributed by atoms with E-state index in [1.807, 2.05) is 0 Å². The lowest BCUT2D eigenvalue weighted by molar-refractivity contribution is -0.130. The van der Waals surface area contributed by atoms with Gasteiger partial charge in [0.05, 0.1) is 0 Å². The molecule has 5 fully saturated rings. The first-order chi connectivity index (χ1) is 18.1. The summed E-state index contributed by atoms with van der Waals surface area (Å²) in [5.74, 6) is 13.7. The molecular formula is C37H66. The SMILES string of the molecule is CCCCC1CCCC(C2C(C)C(CCC)C(C3CCCC4CCCC(C)C43)C3CCCCC32)C1CC. The first-order valence-corrected chi connectivity index (χ1v) is 18.1. The summed E-state index contributed by atoms with van der Waals surface area (Å²) in [6.45, 7) is 13.0. The van der Waals surface area contributed by atoms with Crippen molar-refractivity contribution in [2.75, 3.05) is 0 Å². The highest BCUT2D eigenvalue weighted by Crippen LogP contribution is 2.63. The van der Waals surface area contributed by atoms with Gasteiger partial charge in [-0.3, -0.25) is 0 Å². The van der Waals surface area contributed by atoms with Crippen molar-refractivity contribution in [2.45, 2.75) is 157 Å². The zero-order valence-corrected chi connectivity index (χ0v) is 25.9. The van der Waals surface area contributed by atoms with Gasteiger partial charge in [0.15, 0.2) is 0 Å². The van der Waals surface area contributed by atoms with Crippen molar-refractivity contribution in [3.63, 3.8) is 0 Å². The Morgan fingerprint density at radius 1 is 0.514 bits per heavy atom. The molecule has 0 radical (unpaired) electrons. The van der Waals surface area contributed by atoms with E-state index in [1.54, 1.807) is 70.6 Å². The van der Waals surface area contributed by atoms with Crippen molar-refractivity contribution in [1.82, 2.24) is 0 Å². The van der Waals surface area contributed by atoms with Gasteiger partial charge in [0.25, 0.3) is 0 Å². The van der Waals surface area contributed by atoms with Crippen LogP contribution in [0.25, 0.3) is 0 Å². The van der Waals surface area contributed by atoms with Crippen molar-refractivity contribution in [3.8, 4) is 0 Å². The molecule has 0 amide bonds. The molecule has 5 aliphatic rings. The molecule has 37 heavy (non-hydrogen) atoms. The van der Waals surface area contributed by atoms with Crippen LogP contribution in [0.2, 0.25) is 0 Å². The Morgan fingerprint density at radius 2 is 1.16 bits per heavy atom. The van der Waals surface area contributed by atoms with E-state index in [4.69, 9.17) is 0 Å². The lowest BCUT2D eigenvalue weighted by atomic mass is 9.44. The van der Waals surface area contributed by atoms with Gasteiger partial charge in [-0.05, 0) is 103 Å². The van der Waals surface area contributed by atoms with Crippen LogP contribution in [0, 0.1) is 76.9 Å². The monoisotopic (exact) mass is 511 g/mol. The molecular weight excluding hydrogens is 444 g/mol. The van der Waals surface area contributed by atoms with Crippen molar-refractivity contribution >= 4 is 0 Å². The Bertz CT molecular complexity index is 674. The Labute approximate surface area is 233 Å². The Kier molecular flexibility index (Phi) is 10.1. The van der Waals surface area contributed by atoms with E-state index in [9.17, 15) is 0 Å². The minimum absolute atomic E-state index is 0.979. The molecule has 5 aliphatic carbocycles. The lowest BCUT2D eigenvalue weighted by Gasteiger charge is -2.61. The first kappa shape index (κ1) is 28.5. The number of unbranched alkanes of at least 4 members (excludes halogenated alkanes) is 1. The predicted octanol–water partition coefficient (Wildman–Crippen LogP) is 11.6. The average Bonchev–Trinajstić information content (AvgIpc) is 2.92. The van der Waals surface area contributed by atoms with E-state index in [1.165, 1.54) is 51.4 Å². The van der Waals surface area contributed by atoms with Gasteiger partial charge in [0.2, 0.25) is 0 Å². The van der Waals surface area contributed by atoms with Gasteiger partial charge in [0.1, 0.15) is 0 Å². The highest BCUT2D eigenvalue weighted by Gasteiger charge is 2.56. The summed E-state index contributed by atoms with van der Waals surface area (Å²) in [5, 5.41) is 0. The third kappa shape index (κ3) is 5.63. The van der Waals surface area contributed by atoms with Gasteiger partial charge in [-0.2, -0.15) is 0 Å². The summed E-state index contributed by atoms with van der Waals surface area (Å²) >= 11 is 0. The van der Waals surface area contributed by atoms with Crippen molar-refractivity contribution < 1.29 is 0 Å². The number of fused-ring (bicyclic) bond motifs is 2. The van der Waals surface area contributed by atoms with Crippen LogP contribution in [0.5, 0.6) is 0 Å². The topological polar surface area (TPSA) is 0 Å². The maximum Gasteiger partial charge on any atom is -0.0321 e. The van der Waals surface area contributed by atoms with Gasteiger partial charge >= 0.3 is 0 Å². The second kappa shape index (κ2) is 13.1. The molecule has 0 heterocycles. The third-order valence-electron chi connectivity index (χ3n) is 14.0. The summed E-state index contributed by atoms with van der Waals surface area (Å²) in [6, 6.07) is 0. The van der Waals surface area contributed by atoms with E-state index in [2.05, 4.69) is 34.6 Å². The van der Waals surface area contributed by atoms with Crippen molar-refractivity contribution in [2.24, 2.45) is 76.9 Å². The summed E-state index contributed by atoms with van der Waals surface area (Å²) in [6.07, 6.45) is 29.2. The maximum absolute atomic E-state index is 2.83. The van der Waals surface area contributed by atoms with Gasteiger partial charge in [-0.15, -0.1) is 0 Å². The predicted molar refractivity (Wildman–Crippen MR) is 161 cm³/mol. The molecule has 5 saturated carbocycles. The number of hydrogen-bond acceptors (Lipinski definition) is 0. The van der Waals surface area contributed by atoms with Crippen LogP contribution in [0.3, 0.4) is 0 Å². The average molecular weight is 511 g/mol. The zero-order chi connectivity index (χ0) is 25.9. The molecule has 0 saturated heterocycles. The number of hydrogen-bond donors (Lipinski definition) is 0. The second-order valence-corrected chi connectivity index (χ2v) is 15.5. The fourth-order valence-corrected chi connectivity index (χ4v) is 12.9. The lowest BCUT2D eigenvalue weighted by Crippen LogP contribution is -2.55. The fourth-order valence-electron chi connectivity index (χ4n) is 12.9. The summed E-state index contributed by atoms with van der Waals surface area (Å²) < 4.78 is 0. The van der Waals surface area contributed by atoms with Crippen LogP contribution in [0.1, 0.15) is 157 Å². The number of rotatable bonds is 8. The van der Waals surface area contributed by atoms with Gasteiger partial charge in [-0.25, -0.2) is 0 Å². The molecule has 0 spiro atoms. The zero-order valence-electron chi connectivity index (χ0n) is 25.9. The van der Waals surface area contributed by atoms with Crippen LogP contribution in [0.15, 0.2) is 0 Å². The molecule has 0 N–H and O–H groups in total. The quantitative estimate of drug-likeness (QED) is 0.304. The van der Waals surface area contributed by atoms with Gasteiger partial charge < -0.3 is 0 Å². The van der Waals surface area contributed by atoms with Gasteiger partial charge in [0, 0.05) is 0 Å². The standard InChI is InChI=1S/C37H66/c1-6-9-17-27-18-13-23-31(29(27)8-3)36-26(5)30(15-7-2)37(33-22-11-10-21-32(33)36)34-24-14-20-28-19-12-16-25(4)35(28)34/h25-37H,6-24H2,1-5H3. The molecule has 13 atom stereocenters. The van der Waals surface area contributed by atoms with E-state index >= 15 is 0 Å². The fraction of sp³-hybridized carbons (Fsp3) is 1.00. The maximum atomic E-state index is 2.83. The van der Waals surface area contributed by atoms with Crippen molar-refractivity contribution in [3.05, 3.63) is 0 Å². The largest absolute Gasteiger partial charge is 0.0654 e. The molecule has 0 aromatic heterocycles. The minimum atomic E-state index is 0.979. The second-order valence-electron chi connectivity index (χ2n) is 15.5. The van der Waals surface area contributed by atoms with Crippen LogP contribution in [-0.4, -0.2) is 0 Å². The normalized spacial score (nSPS) is 48.7. The summed E-state index contributed by atoms with van der Waals surface area (Å²) in [5.41, 5.74) is 0. The van der Waals surface area contributed by atoms with Crippen LogP contribution < -0.4 is 0 Å². The van der Waals surface area contributed by atoms with Crippen molar-refractivity contribution in [1.29, 1.82) is 0 Å². The smallest absolute Gasteiger partial charge is 0.0321 e. The molecule has 5 rings (SSSR count). The third-order valence-corrected chi connectivity index (χ3v) is 14.0. The van der Waals surface area contributed by atoms with Gasteiger partial charge in [-0.1, -0.05) is 131 Å². The molecule has 0 bridgehead atoms. The Balaban J connectivity index is 1.47. The molecule has 0 nitrogen and oxygen atoms in total. The van der Waals surface area contributed by atoms with Crippen LogP contribution in [-0.2, 0) is 0 Å². The van der Waals surface area contributed by atoms with E-state index in [0.717, 1.165) is 76.9 Å². The summed E-state index contributed by atoms with van der Waals surface area (Å²) in [7, 11) is 0. The molecule has 0 heteroatoms. The molecule has 214 valence electrons. The molecule has 0 aromatic rings. The first-order valence-electron chi connectivity index (χ1n) is 18.1. The Morgan fingerprint density at radius 3 is 1.86 bits per heavy atom. The molecule has 0 aromatic carbocycles. The highest BCUT2D eigenvalue weighted by atomic mass is 14.6. The molecule has 13 unspecified atom stereocenters. The van der Waals surface area contributed by atoms with Crippen LogP contribution >= 0.6 is 0 Å². The molecule has 0 aliphatic heterocycles. The van der Waals surface area contributed by atoms with E-state index in [0.29, 0.717) is 0 Å². The minimum Gasteiger partial charge on any atom is -0.0654 e. The Hall–Kier alpha value is 0. The summed E-state index contributed by atoms with van der Waals surface area (Å²) in [4.78, 5) is 0. The van der Waals surface area contributed by atoms with E-state index < -0.39 is 0 Å². The highest BCUT2D eigenvalue weighted by molar-refractivity contribution is 5.05. The van der Waals surface area contributed by atoms with Crippen LogP contribution in [0.4, 0.5) is 0 Å². The van der Waals surface area contributed by atoms with E-state index in [-0.39, 0.29) is 0 Å².